The SMILES string of the molecule is CF.FCC(F)(F)C(OCOCC(F)(F)F)C(F)(F)F. The monoisotopic (exact) mass is 328 g/mol. The molecule has 0 heterocycles. The summed E-state index contributed by atoms with van der Waals surface area (Å²) < 4.78 is 124. The standard InChI is InChI=1S/C7H7F9O2.CH3F/c8-1-5(9,10)4(7(14,15)16)18-3-17-2-6(11,12)13;1-2/h4H,1-3H2;1H3. The third kappa shape index (κ3) is 9.18. The highest BCUT2D eigenvalue weighted by Gasteiger charge is 2.57. The van der Waals surface area contributed by atoms with Gasteiger partial charge in [-0.05, 0) is 0 Å². The molecule has 20 heavy (non-hydrogen) atoms. The van der Waals surface area contributed by atoms with E-state index >= 15 is 0 Å². The molecular formula is C8H10F10O2. The molecule has 0 aliphatic rings. The molecule has 0 aromatic heterocycles. The van der Waals surface area contributed by atoms with Gasteiger partial charge in [-0.25, -0.2) is 13.2 Å². The normalized spacial score (nSPS) is 14.6. The summed E-state index contributed by atoms with van der Waals surface area (Å²) in [5.41, 5.74) is 0. The molecule has 124 valence electrons. The van der Waals surface area contributed by atoms with E-state index in [0.717, 1.165) is 0 Å². The van der Waals surface area contributed by atoms with Crippen molar-refractivity contribution in [2.75, 3.05) is 27.3 Å². The Balaban J connectivity index is 0. The number of halogens is 10. The fraction of sp³-hybridized carbons (Fsp3) is 1.00. The minimum atomic E-state index is -5.64. The maximum absolute atomic E-state index is 12.5. The van der Waals surface area contributed by atoms with Crippen LogP contribution in [0.25, 0.3) is 0 Å². The first-order valence-corrected chi connectivity index (χ1v) is 4.54. The van der Waals surface area contributed by atoms with Gasteiger partial charge in [0.1, 0.15) is 13.4 Å². The topological polar surface area (TPSA) is 18.5 Å². The van der Waals surface area contributed by atoms with Gasteiger partial charge in [-0.3, -0.25) is 4.39 Å². The highest BCUT2D eigenvalue weighted by Crippen LogP contribution is 2.35. The molecule has 0 saturated carbocycles. The Morgan fingerprint density at radius 2 is 1.35 bits per heavy atom. The molecule has 0 spiro atoms. The van der Waals surface area contributed by atoms with E-state index < -0.39 is 44.5 Å². The molecule has 0 radical (unpaired) electrons. The van der Waals surface area contributed by atoms with Crippen molar-refractivity contribution in [2.45, 2.75) is 24.4 Å². The summed E-state index contributed by atoms with van der Waals surface area (Å²) >= 11 is 0. The maximum atomic E-state index is 12.5. The second kappa shape index (κ2) is 8.49. The summed E-state index contributed by atoms with van der Waals surface area (Å²) in [6, 6.07) is 0. The van der Waals surface area contributed by atoms with E-state index in [2.05, 4.69) is 9.47 Å². The first-order chi connectivity index (χ1) is 8.90. The van der Waals surface area contributed by atoms with Gasteiger partial charge in [-0.2, -0.15) is 26.3 Å². The summed E-state index contributed by atoms with van der Waals surface area (Å²) in [5.74, 6) is -4.90. The van der Waals surface area contributed by atoms with Crippen LogP contribution in [0.3, 0.4) is 0 Å². The van der Waals surface area contributed by atoms with E-state index in [1.54, 1.807) is 0 Å². The quantitative estimate of drug-likeness (QED) is 0.421. The van der Waals surface area contributed by atoms with E-state index in [-0.39, 0.29) is 0 Å². The van der Waals surface area contributed by atoms with Crippen LogP contribution in [0, 0.1) is 0 Å². The second-order valence-corrected chi connectivity index (χ2v) is 3.06. The van der Waals surface area contributed by atoms with Crippen molar-refractivity contribution in [1.82, 2.24) is 0 Å². The van der Waals surface area contributed by atoms with Crippen molar-refractivity contribution >= 4 is 0 Å². The number of ether oxygens (including phenoxy) is 2. The predicted molar refractivity (Wildman–Crippen MR) is 45.8 cm³/mol. The van der Waals surface area contributed by atoms with E-state index in [4.69, 9.17) is 0 Å². The van der Waals surface area contributed by atoms with Crippen LogP contribution in [0.2, 0.25) is 0 Å². The third-order valence-corrected chi connectivity index (χ3v) is 1.44. The second-order valence-electron chi connectivity index (χ2n) is 3.06. The molecule has 2 nitrogen and oxygen atoms in total. The molecule has 1 unspecified atom stereocenters. The first kappa shape index (κ1) is 21.5. The molecule has 0 bridgehead atoms. The predicted octanol–water partition coefficient (Wildman–Crippen LogP) is 3.66. The van der Waals surface area contributed by atoms with E-state index in [0.29, 0.717) is 7.18 Å². The molecule has 0 saturated heterocycles. The molecule has 0 aliphatic heterocycles. The van der Waals surface area contributed by atoms with Crippen LogP contribution < -0.4 is 0 Å². The van der Waals surface area contributed by atoms with E-state index in [9.17, 15) is 43.9 Å². The summed E-state index contributed by atoms with van der Waals surface area (Å²) in [6.07, 6.45) is -14.4. The maximum Gasteiger partial charge on any atom is 0.420 e. The number of alkyl halides is 10. The molecule has 0 aliphatic carbocycles. The lowest BCUT2D eigenvalue weighted by atomic mass is 10.2. The first-order valence-electron chi connectivity index (χ1n) is 4.54. The minimum absolute atomic E-state index is 0.500. The van der Waals surface area contributed by atoms with Crippen molar-refractivity contribution < 1.29 is 53.4 Å². The average Bonchev–Trinajstić information content (AvgIpc) is 2.28. The van der Waals surface area contributed by atoms with Crippen LogP contribution in [0.4, 0.5) is 43.9 Å². The average molecular weight is 328 g/mol. The van der Waals surface area contributed by atoms with Gasteiger partial charge in [0.2, 0.25) is 6.10 Å². The number of rotatable bonds is 6. The van der Waals surface area contributed by atoms with Gasteiger partial charge < -0.3 is 9.47 Å². The largest absolute Gasteiger partial charge is 0.420 e. The van der Waals surface area contributed by atoms with Crippen molar-refractivity contribution in [3.05, 3.63) is 0 Å². The van der Waals surface area contributed by atoms with Crippen LogP contribution in [-0.4, -0.2) is 51.6 Å². The summed E-state index contributed by atoms with van der Waals surface area (Å²) in [4.78, 5) is 0. The Bertz CT molecular complexity index is 249. The van der Waals surface area contributed by atoms with Crippen molar-refractivity contribution in [3.63, 3.8) is 0 Å². The van der Waals surface area contributed by atoms with Gasteiger partial charge >= 0.3 is 18.3 Å². The van der Waals surface area contributed by atoms with E-state index in [1.165, 1.54) is 0 Å². The highest BCUT2D eigenvalue weighted by molar-refractivity contribution is 4.83. The van der Waals surface area contributed by atoms with Gasteiger partial charge in [0, 0.05) is 0 Å². The fourth-order valence-corrected chi connectivity index (χ4v) is 0.799. The van der Waals surface area contributed by atoms with Crippen LogP contribution >= 0.6 is 0 Å². The minimum Gasteiger partial charge on any atom is -0.346 e. The molecule has 12 heteroatoms. The smallest absolute Gasteiger partial charge is 0.346 e. The number of hydrogen-bond acceptors (Lipinski definition) is 2. The van der Waals surface area contributed by atoms with Crippen LogP contribution in [0.5, 0.6) is 0 Å². The van der Waals surface area contributed by atoms with Crippen LogP contribution in [0.15, 0.2) is 0 Å². The number of hydrogen-bond donors (Lipinski definition) is 0. The Hall–Kier alpha value is -0.780. The van der Waals surface area contributed by atoms with Crippen molar-refractivity contribution in [1.29, 1.82) is 0 Å². The zero-order valence-corrected chi connectivity index (χ0v) is 9.79. The fourth-order valence-electron chi connectivity index (χ4n) is 0.799. The highest BCUT2D eigenvalue weighted by atomic mass is 19.4. The molecule has 0 aromatic rings. The van der Waals surface area contributed by atoms with Gasteiger partial charge in [-0.15, -0.1) is 0 Å². The Labute approximate surface area is 106 Å². The van der Waals surface area contributed by atoms with Gasteiger partial charge in [-0.1, -0.05) is 0 Å². The van der Waals surface area contributed by atoms with Crippen molar-refractivity contribution in [3.8, 4) is 0 Å². The zero-order chi connectivity index (χ0) is 16.6. The third-order valence-electron chi connectivity index (χ3n) is 1.44. The molecule has 0 fully saturated rings. The van der Waals surface area contributed by atoms with Crippen LogP contribution in [0.1, 0.15) is 0 Å². The van der Waals surface area contributed by atoms with Gasteiger partial charge in [0.05, 0.1) is 7.18 Å². The molecule has 0 N–H and O–H groups in total. The molecule has 0 aromatic carbocycles. The molecule has 0 rings (SSSR count). The summed E-state index contributed by atoms with van der Waals surface area (Å²) in [5, 5.41) is 0. The molecule has 0 amide bonds. The zero-order valence-electron chi connectivity index (χ0n) is 9.79. The summed E-state index contributed by atoms with van der Waals surface area (Å²) in [7, 11) is 0.500. The van der Waals surface area contributed by atoms with E-state index in [1.807, 2.05) is 0 Å². The molecular weight excluding hydrogens is 318 g/mol. The lowest BCUT2D eigenvalue weighted by molar-refractivity contribution is -0.309. The van der Waals surface area contributed by atoms with Crippen LogP contribution in [-0.2, 0) is 9.47 Å². The Morgan fingerprint density at radius 3 is 1.65 bits per heavy atom. The lowest BCUT2D eigenvalue weighted by Crippen LogP contribution is -2.48. The lowest BCUT2D eigenvalue weighted by Gasteiger charge is -2.26. The van der Waals surface area contributed by atoms with Crippen molar-refractivity contribution in [2.24, 2.45) is 0 Å². The Kier molecular flexibility index (Phi) is 9.14. The summed E-state index contributed by atoms with van der Waals surface area (Å²) in [6.45, 7) is -6.34. The van der Waals surface area contributed by atoms with Gasteiger partial charge in [0.25, 0.3) is 0 Å². The van der Waals surface area contributed by atoms with Gasteiger partial charge in [0.15, 0.2) is 6.67 Å². The molecule has 1 atom stereocenters. The Morgan fingerprint density at radius 1 is 0.900 bits per heavy atom.